The van der Waals surface area contributed by atoms with Gasteiger partial charge in [0.15, 0.2) is 0 Å². The molecule has 2 aromatic rings. The molecule has 3 nitrogen and oxygen atoms in total. The lowest BCUT2D eigenvalue weighted by molar-refractivity contribution is 0.107. The Balaban J connectivity index is 2.00. The SMILES string of the molecule is Oc1cccc(C(O)COc2ccccc2Br)c1. The Morgan fingerprint density at radius 2 is 1.89 bits per heavy atom. The van der Waals surface area contributed by atoms with Crippen LogP contribution in [0.25, 0.3) is 0 Å². The molecular weight excluding hydrogens is 296 g/mol. The van der Waals surface area contributed by atoms with Gasteiger partial charge in [0.05, 0.1) is 4.47 Å². The zero-order valence-electron chi connectivity index (χ0n) is 9.58. The largest absolute Gasteiger partial charge is 0.508 e. The maximum atomic E-state index is 9.95. The van der Waals surface area contributed by atoms with Crippen molar-refractivity contribution in [3.05, 3.63) is 58.6 Å². The average Bonchev–Trinajstić information content (AvgIpc) is 2.37. The summed E-state index contributed by atoms with van der Waals surface area (Å²) in [6.07, 6.45) is -0.774. The van der Waals surface area contributed by atoms with E-state index < -0.39 is 6.10 Å². The van der Waals surface area contributed by atoms with Crippen LogP contribution in [-0.4, -0.2) is 16.8 Å². The molecule has 0 fully saturated rings. The lowest BCUT2D eigenvalue weighted by Gasteiger charge is -2.13. The second kappa shape index (κ2) is 5.89. The second-order valence-electron chi connectivity index (χ2n) is 3.85. The van der Waals surface area contributed by atoms with Crippen LogP contribution in [0.4, 0.5) is 0 Å². The maximum absolute atomic E-state index is 9.95. The summed E-state index contributed by atoms with van der Waals surface area (Å²) in [5.41, 5.74) is 0.627. The minimum absolute atomic E-state index is 0.131. The molecule has 0 spiro atoms. The number of benzene rings is 2. The molecule has 0 aliphatic rings. The van der Waals surface area contributed by atoms with Crippen LogP contribution in [-0.2, 0) is 0 Å². The number of phenols is 1. The number of hydrogen-bond donors (Lipinski definition) is 2. The van der Waals surface area contributed by atoms with E-state index in [9.17, 15) is 10.2 Å². The molecule has 0 saturated carbocycles. The Labute approximate surface area is 114 Å². The van der Waals surface area contributed by atoms with E-state index in [1.165, 1.54) is 6.07 Å². The van der Waals surface area contributed by atoms with E-state index in [0.717, 1.165) is 4.47 Å². The van der Waals surface area contributed by atoms with Crippen molar-refractivity contribution in [1.29, 1.82) is 0 Å². The zero-order chi connectivity index (χ0) is 13.0. The van der Waals surface area contributed by atoms with Gasteiger partial charge in [0.25, 0.3) is 0 Å². The maximum Gasteiger partial charge on any atom is 0.133 e. The molecule has 18 heavy (non-hydrogen) atoms. The van der Waals surface area contributed by atoms with Crippen LogP contribution in [0.3, 0.4) is 0 Å². The molecule has 0 saturated heterocycles. The van der Waals surface area contributed by atoms with E-state index in [0.29, 0.717) is 11.3 Å². The van der Waals surface area contributed by atoms with Crippen molar-refractivity contribution in [3.8, 4) is 11.5 Å². The fourth-order valence-electron chi connectivity index (χ4n) is 1.56. The average molecular weight is 309 g/mol. The van der Waals surface area contributed by atoms with Gasteiger partial charge in [-0.3, -0.25) is 0 Å². The molecule has 0 bridgehead atoms. The first-order chi connectivity index (χ1) is 8.66. The Hall–Kier alpha value is -1.52. The van der Waals surface area contributed by atoms with Gasteiger partial charge in [-0.05, 0) is 45.8 Å². The normalized spacial score (nSPS) is 12.1. The van der Waals surface area contributed by atoms with Gasteiger partial charge in [0.2, 0.25) is 0 Å². The zero-order valence-corrected chi connectivity index (χ0v) is 11.2. The topological polar surface area (TPSA) is 49.7 Å². The number of phenolic OH excluding ortho intramolecular Hbond substituents is 1. The fourth-order valence-corrected chi connectivity index (χ4v) is 1.96. The molecule has 1 atom stereocenters. The van der Waals surface area contributed by atoms with Crippen molar-refractivity contribution >= 4 is 15.9 Å². The summed E-state index contributed by atoms with van der Waals surface area (Å²) < 4.78 is 6.36. The molecule has 2 rings (SSSR count). The number of para-hydroxylation sites is 1. The number of aliphatic hydroxyl groups excluding tert-OH is 1. The fraction of sp³-hybridized carbons (Fsp3) is 0.143. The van der Waals surface area contributed by atoms with Crippen LogP contribution in [0.15, 0.2) is 53.0 Å². The summed E-state index contributed by atoms with van der Waals surface area (Å²) in [7, 11) is 0. The third-order valence-corrected chi connectivity index (χ3v) is 3.14. The van der Waals surface area contributed by atoms with E-state index in [2.05, 4.69) is 15.9 Å². The smallest absolute Gasteiger partial charge is 0.133 e. The van der Waals surface area contributed by atoms with Gasteiger partial charge in [-0.1, -0.05) is 24.3 Å². The van der Waals surface area contributed by atoms with Gasteiger partial charge in [0, 0.05) is 0 Å². The van der Waals surface area contributed by atoms with E-state index in [4.69, 9.17) is 4.74 Å². The van der Waals surface area contributed by atoms with Crippen LogP contribution in [0.2, 0.25) is 0 Å². The number of ether oxygens (including phenoxy) is 1. The highest BCUT2D eigenvalue weighted by Gasteiger charge is 2.10. The molecule has 0 heterocycles. The van der Waals surface area contributed by atoms with Crippen molar-refractivity contribution in [2.45, 2.75) is 6.10 Å². The van der Waals surface area contributed by atoms with Gasteiger partial charge in [0.1, 0.15) is 24.2 Å². The lowest BCUT2D eigenvalue weighted by atomic mass is 10.1. The molecule has 94 valence electrons. The van der Waals surface area contributed by atoms with Gasteiger partial charge in [-0.25, -0.2) is 0 Å². The summed E-state index contributed by atoms with van der Waals surface area (Å²) in [5.74, 6) is 0.809. The van der Waals surface area contributed by atoms with E-state index in [-0.39, 0.29) is 12.4 Å². The molecule has 0 radical (unpaired) electrons. The number of hydrogen-bond acceptors (Lipinski definition) is 3. The van der Waals surface area contributed by atoms with Gasteiger partial charge >= 0.3 is 0 Å². The highest BCUT2D eigenvalue weighted by molar-refractivity contribution is 9.10. The Morgan fingerprint density at radius 1 is 1.11 bits per heavy atom. The molecule has 2 N–H and O–H groups in total. The number of rotatable bonds is 4. The Morgan fingerprint density at radius 3 is 2.61 bits per heavy atom. The van der Waals surface area contributed by atoms with Crippen LogP contribution in [0, 0.1) is 0 Å². The molecule has 0 amide bonds. The van der Waals surface area contributed by atoms with Crippen molar-refractivity contribution in [2.75, 3.05) is 6.61 Å². The summed E-state index contributed by atoms with van der Waals surface area (Å²) in [6, 6.07) is 14.0. The number of aromatic hydroxyl groups is 1. The molecular formula is C14H13BrO3. The first-order valence-corrected chi connectivity index (χ1v) is 6.30. The monoisotopic (exact) mass is 308 g/mol. The van der Waals surface area contributed by atoms with Crippen LogP contribution in [0.5, 0.6) is 11.5 Å². The summed E-state index contributed by atoms with van der Waals surface area (Å²) >= 11 is 3.37. The van der Waals surface area contributed by atoms with Gasteiger partial charge < -0.3 is 14.9 Å². The van der Waals surface area contributed by atoms with Crippen molar-refractivity contribution in [1.82, 2.24) is 0 Å². The van der Waals surface area contributed by atoms with Crippen molar-refractivity contribution < 1.29 is 14.9 Å². The van der Waals surface area contributed by atoms with Gasteiger partial charge in [-0.15, -0.1) is 0 Å². The summed E-state index contributed by atoms with van der Waals surface area (Å²) in [6.45, 7) is 0.131. The molecule has 1 unspecified atom stereocenters. The first kappa shape index (κ1) is 12.9. The Kier molecular flexibility index (Phi) is 4.23. The third kappa shape index (κ3) is 3.24. The summed E-state index contributed by atoms with van der Waals surface area (Å²) in [5, 5.41) is 19.3. The predicted molar refractivity (Wildman–Crippen MR) is 72.7 cm³/mol. The minimum atomic E-state index is -0.774. The predicted octanol–water partition coefficient (Wildman–Crippen LogP) is 3.27. The van der Waals surface area contributed by atoms with Crippen LogP contribution >= 0.6 is 15.9 Å². The second-order valence-corrected chi connectivity index (χ2v) is 4.71. The molecule has 4 heteroatoms. The van der Waals surface area contributed by atoms with Crippen molar-refractivity contribution in [3.63, 3.8) is 0 Å². The third-order valence-electron chi connectivity index (χ3n) is 2.49. The van der Waals surface area contributed by atoms with Crippen molar-refractivity contribution in [2.24, 2.45) is 0 Å². The summed E-state index contributed by atoms with van der Waals surface area (Å²) in [4.78, 5) is 0. The molecule has 0 aliphatic heterocycles. The van der Waals surface area contributed by atoms with Crippen LogP contribution < -0.4 is 4.74 Å². The van der Waals surface area contributed by atoms with Gasteiger partial charge in [-0.2, -0.15) is 0 Å². The quantitative estimate of drug-likeness (QED) is 0.911. The minimum Gasteiger partial charge on any atom is -0.508 e. The van der Waals surface area contributed by atoms with E-state index in [1.54, 1.807) is 18.2 Å². The molecule has 0 aliphatic carbocycles. The lowest BCUT2D eigenvalue weighted by Crippen LogP contribution is -2.09. The van der Waals surface area contributed by atoms with E-state index in [1.807, 2.05) is 24.3 Å². The molecule has 0 aromatic heterocycles. The number of halogens is 1. The highest BCUT2D eigenvalue weighted by Crippen LogP contribution is 2.25. The standard InChI is InChI=1S/C14H13BrO3/c15-12-6-1-2-7-14(12)18-9-13(17)10-4-3-5-11(16)8-10/h1-8,13,16-17H,9H2. The number of aliphatic hydroxyl groups is 1. The first-order valence-electron chi connectivity index (χ1n) is 5.51. The van der Waals surface area contributed by atoms with Crippen LogP contribution in [0.1, 0.15) is 11.7 Å². The molecule has 2 aromatic carbocycles. The van der Waals surface area contributed by atoms with E-state index >= 15 is 0 Å². The highest BCUT2D eigenvalue weighted by atomic mass is 79.9. The Bertz CT molecular complexity index is 528.